The van der Waals surface area contributed by atoms with E-state index in [1.54, 1.807) is 36.7 Å². The summed E-state index contributed by atoms with van der Waals surface area (Å²) in [6.45, 7) is 2.00. The number of thiophene rings is 1. The summed E-state index contributed by atoms with van der Waals surface area (Å²) in [5, 5.41) is 13.4. The number of halogens is 1. The molecule has 1 amide bonds. The number of amides is 1. The first-order valence-corrected chi connectivity index (χ1v) is 10.6. The minimum absolute atomic E-state index is 0.0182. The summed E-state index contributed by atoms with van der Waals surface area (Å²) in [4.78, 5) is 29.1. The Morgan fingerprint density at radius 2 is 2.10 bits per heavy atom. The smallest absolute Gasteiger partial charge is 0.244 e. The zero-order valence-electron chi connectivity index (χ0n) is 16.4. The van der Waals surface area contributed by atoms with E-state index in [1.807, 2.05) is 18.2 Å². The third-order valence-electron chi connectivity index (χ3n) is 4.41. The Labute approximate surface area is 184 Å². The molecule has 3 rings (SSSR count). The number of benzene rings is 1. The fraction of sp³-hybridized carbons (Fsp3) is 0.174. The van der Waals surface area contributed by atoms with Gasteiger partial charge in [-0.3, -0.25) is 14.6 Å². The lowest BCUT2D eigenvalue weighted by atomic mass is 10.0. The number of carbonyl (C=O) groups excluding carboxylic acids is 2. The molecule has 0 bridgehead atoms. The van der Waals surface area contributed by atoms with Crippen LogP contribution in [-0.4, -0.2) is 28.3 Å². The molecule has 1 aromatic carbocycles. The Kier molecular flexibility index (Phi) is 7.38. The highest BCUT2D eigenvalue weighted by atomic mass is 35.5. The third-order valence-corrected chi connectivity index (χ3v) is 5.94. The van der Waals surface area contributed by atoms with Crippen molar-refractivity contribution in [1.29, 1.82) is 0 Å². The number of ketones is 1. The molecule has 30 heavy (non-hydrogen) atoms. The highest BCUT2D eigenvalue weighted by Crippen LogP contribution is 2.36. The predicted molar refractivity (Wildman–Crippen MR) is 121 cm³/mol. The summed E-state index contributed by atoms with van der Waals surface area (Å²) < 4.78 is 0. The highest BCUT2D eigenvalue weighted by Gasteiger charge is 2.12. The van der Waals surface area contributed by atoms with Crippen molar-refractivity contribution in [3.8, 4) is 16.2 Å². The largest absolute Gasteiger partial charge is 0.506 e. The van der Waals surface area contributed by atoms with E-state index < -0.39 is 0 Å². The number of phenolic OH excluding ortho intramolecular Hbond substituents is 1. The van der Waals surface area contributed by atoms with Gasteiger partial charge in [0.2, 0.25) is 5.91 Å². The van der Waals surface area contributed by atoms with E-state index in [-0.39, 0.29) is 22.5 Å². The normalized spacial score (nSPS) is 11.0. The Bertz CT molecular complexity index is 1080. The molecule has 5 nitrogen and oxygen atoms in total. The average Bonchev–Trinajstić information content (AvgIpc) is 3.24. The van der Waals surface area contributed by atoms with Gasteiger partial charge in [0.25, 0.3) is 0 Å². The number of hydrogen-bond donors (Lipinski definition) is 2. The number of hydrogen-bond acceptors (Lipinski definition) is 5. The monoisotopic (exact) mass is 440 g/mol. The van der Waals surface area contributed by atoms with Gasteiger partial charge < -0.3 is 10.4 Å². The van der Waals surface area contributed by atoms with E-state index in [0.29, 0.717) is 29.8 Å². The molecule has 2 heterocycles. The van der Waals surface area contributed by atoms with Crippen LogP contribution in [0.4, 0.5) is 0 Å². The minimum atomic E-state index is -0.190. The second-order valence-corrected chi connectivity index (χ2v) is 8.19. The minimum Gasteiger partial charge on any atom is -0.506 e. The first kappa shape index (κ1) is 21.7. The van der Waals surface area contributed by atoms with Crippen LogP contribution in [0.2, 0.25) is 5.02 Å². The molecule has 2 aromatic heterocycles. The van der Waals surface area contributed by atoms with Crippen molar-refractivity contribution in [2.75, 3.05) is 6.54 Å². The molecule has 0 saturated carbocycles. The average molecular weight is 441 g/mol. The van der Waals surface area contributed by atoms with Crippen molar-refractivity contribution in [3.05, 3.63) is 75.9 Å². The number of pyridine rings is 1. The van der Waals surface area contributed by atoms with Gasteiger partial charge in [-0.05, 0) is 72.9 Å². The van der Waals surface area contributed by atoms with Gasteiger partial charge in [0, 0.05) is 29.9 Å². The number of rotatable bonds is 8. The summed E-state index contributed by atoms with van der Waals surface area (Å²) in [6, 6.07) is 10.9. The molecule has 7 heteroatoms. The molecule has 154 valence electrons. The van der Waals surface area contributed by atoms with Crippen LogP contribution in [0.3, 0.4) is 0 Å². The molecule has 0 saturated heterocycles. The second kappa shape index (κ2) is 10.2. The van der Waals surface area contributed by atoms with Gasteiger partial charge in [0.1, 0.15) is 5.75 Å². The number of carbonyl (C=O) groups is 2. The van der Waals surface area contributed by atoms with Crippen LogP contribution >= 0.6 is 22.9 Å². The van der Waals surface area contributed by atoms with Crippen LogP contribution in [0, 0.1) is 0 Å². The fourth-order valence-electron chi connectivity index (χ4n) is 2.87. The number of phenols is 1. The molecule has 2 N–H and O–H groups in total. The molecule has 0 atom stereocenters. The molecular formula is C23H21ClN2O3S. The summed E-state index contributed by atoms with van der Waals surface area (Å²) in [6.07, 6.45) is 7.72. The number of aromatic hydroxyl groups is 1. The quantitative estimate of drug-likeness (QED) is 0.289. The van der Waals surface area contributed by atoms with Crippen LogP contribution in [0.1, 0.15) is 34.1 Å². The molecular weight excluding hydrogens is 420 g/mol. The SMILES string of the molecule is CC(=O)c1ccc(-c2cc(Cl)c(O)c(CCCNC(=O)C=Cc3cccnc3)c2)s1. The fourth-order valence-corrected chi connectivity index (χ4v) is 3.99. The number of aromatic nitrogens is 1. The van der Waals surface area contributed by atoms with E-state index in [1.165, 1.54) is 24.3 Å². The zero-order chi connectivity index (χ0) is 21.5. The first-order chi connectivity index (χ1) is 14.4. The molecule has 0 aliphatic carbocycles. The van der Waals surface area contributed by atoms with Gasteiger partial charge in [-0.25, -0.2) is 0 Å². The lowest BCUT2D eigenvalue weighted by Gasteiger charge is -2.09. The van der Waals surface area contributed by atoms with E-state index in [9.17, 15) is 14.7 Å². The van der Waals surface area contributed by atoms with Crippen molar-refractivity contribution < 1.29 is 14.7 Å². The Hall–Kier alpha value is -2.96. The molecule has 0 fully saturated rings. The Morgan fingerprint density at radius 3 is 2.80 bits per heavy atom. The van der Waals surface area contributed by atoms with Crippen molar-refractivity contribution >= 4 is 40.7 Å². The van der Waals surface area contributed by atoms with Gasteiger partial charge >= 0.3 is 0 Å². The summed E-state index contributed by atoms with van der Waals surface area (Å²) >= 11 is 7.60. The highest BCUT2D eigenvalue weighted by molar-refractivity contribution is 7.17. The van der Waals surface area contributed by atoms with Gasteiger partial charge in [-0.2, -0.15) is 0 Å². The van der Waals surface area contributed by atoms with Crippen molar-refractivity contribution in [1.82, 2.24) is 10.3 Å². The van der Waals surface area contributed by atoms with Crippen molar-refractivity contribution in [2.45, 2.75) is 19.8 Å². The molecule has 0 aliphatic rings. The number of nitrogens with one attached hydrogen (secondary N) is 1. The van der Waals surface area contributed by atoms with Crippen LogP contribution in [0.15, 0.2) is 54.9 Å². The van der Waals surface area contributed by atoms with Crippen LogP contribution in [0.5, 0.6) is 5.75 Å². The third kappa shape index (κ3) is 5.78. The number of Topliss-reactive ketones (excluding diaryl/α,β-unsaturated/α-hetero) is 1. The van der Waals surface area contributed by atoms with Gasteiger partial charge in [0.05, 0.1) is 9.90 Å². The van der Waals surface area contributed by atoms with Crippen LogP contribution < -0.4 is 5.32 Å². The molecule has 0 spiro atoms. The number of aryl methyl sites for hydroxylation is 1. The summed E-state index contributed by atoms with van der Waals surface area (Å²) in [5.74, 6) is -0.124. The molecule has 0 radical (unpaired) electrons. The lowest BCUT2D eigenvalue weighted by Crippen LogP contribution is -2.22. The van der Waals surface area contributed by atoms with Crippen LogP contribution in [0.25, 0.3) is 16.5 Å². The van der Waals surface area contributed by atoms with Crippen LogP contribution in [-0.2, 0) is 11.2 Å². The summed E-state index contributed by atoms with van der Waals surface area (Å²) in [7, 11) is 0. The number of nitrogens with zero attached hydrogens (tertiary/aromatic N) is 1. The van der Waals surface area contributed by atoms with Gasteiger partial charge in [-0.15, -0.1) is 11.3 Å². The lowest BCUT2D eigenvalue weighted by molar-refractivity contribution is -0.116. The first-order valence-electron chi connectivity index (χ1n) is 9.42. The van der Waals surface area contributed by atoms with Crippen molar-refractivity contribution in [3.63, 3.8) is 0 Å². The maximum atomic E-state index is 11.9. The van der Waals surface area contributed by atoms with Crippen molar-refractivity contribution in [2.24, 2.45) is 0 Å². The standard InChI is InChI=1S/C23H21ClN2O3S/c1-15(27)20-7-8-21(30-20)18-12-17(23(29)19(24)13-18)5-3-11-26-22(28)9-6-16-4-2-10-25-14-16/h2,4,6-10,12-14,29H,3,5,11H2,1H3,(H,26,28). The summed E-state index contributed by atoms with van der Waals surface area (Å²) in [5.41, 5.74) is 2.41. The Balaban J connectivity index is 1.58. The predicted octanol–water partition coefficient (Wildman–Crippen LogP) is 5.13. The van der Waals surface area contributed by atoms with E-state index in [0.717, 1.165) is 16.0 Å². The zero-order valence-corrected chi connectivity index (χ0v) is 18.0. The van der Waals surface area contributed by atoms with Gasteiger partial charge in [0.15, 0.2) is 5.78 Å². The maximum Gasteiger partial charge on any atom is 0.244 e. The van der Waals surface area contributed by atoms with E-state index in [2.05, 4.69) is 10.3 Å². The van der Waals surface area contributed by atoms with E-state index in [4.69, 9.17) is 11.6 Å². The van der Waals surface area contributed by atoms with E-state index >= 15 is 0 Å². The second-order valence-electron chi connectivity index (χ2n) is 6.70. The molecule has 3 aromatic rings. The topological polar surface area (TPSA) is 79.3 Å². The molecule has 0 aliphatic heterocycles. The molecule has 0 unspecified atom stereocenters. The Morgan fingerprint density at radius 1 is 1.27 bits per heavy atom. The maximum absolute atomic E-state index is 11.9. The van der Waals surface area contributed by atoms with Gasteiger partial charge in [-0.1, -0.05) is 17.7 Å².